The van der Waals surface area contributed by atoms with Crippen molar-refractivity contribution < 1.29 is 8.78 Å². The second-order valence-corrected chi connectivity index (χ2v) is 2.17. The summed E-state index contributed by atoms with van der Waals surface area (Å²) in [6.45, 7) is 2.88. The largest absolute Gasteiger partial charge is 0.320 e. The van der Waals surface area contributed by atoms with Crippen molar-refractivity contribution in [2.45, 2.75) is 12.8 Å². The molecule has 0 atom stereocenters. The van der Waals surface area contributed by atoms with E-state index in [2.05, 4.69) is 17.6 Å². The molecule has 1 heterocycles. The van der Waals surface area contributed by atoms with Crippen molar-refractivity contribution in [2.75, 3.05) is 26.7 Å². The molecule has 2 N–H and O–H groups in total. The van der Waals surface area contributed by atoms with Crippen LogP contribution >= 0.6 is 24.8 Å². The van der Waals surface area contributed by atoms with Gasteiger partial charge in [-0.3, -0.25) is 0 Å². The second kappa shape index (κ2) is 9.45. The first-order chi connectivity index (χ1) is 4.62. The molecule has 0 unspecified atom stereocenters. The molecular weight excluding hydrogens is 209 g/mol. The van der Waals surface area contributed by atoms with Crippen LogP contribution in [-0.2, 0) is 0 Å². The molecule has 1 saturated heterocycles. The normalized spacial score (nSPS) is 17.0. The lowest BCUT2D eigenvalue weighted by molar-refractivity contribution is -0.0475. The predicted molar refractivity (Wildman–Crippen MR) is 51.9 cm³/mol. The van der Waals surface area contributed by atoms with E-state index in [-0.39, 0.29) is 37.9 Å². The number of halogens is 4. The summed E-state index contributed by atoms with van der Waals surface area (Å²) < 4.78 is 23.0. The molecule has 12 heavy (non-hydrogen) atoms. The van der Waals surface area contributed by atoms with Crippen molar-refractivity contribution in [3.8, 4) is 0 Å². The van der Waals surface area contributed by atoms with Crippen LogP contribution in [0.15, 0.2) is 0 Å². The van der Waals surface area contributed by atoms with Crippen LogP contribution in [0.4, 0.5) is 8.78 Å². The van der Waals surface area contributed by atoms with Crippen molar-refractivity contribution in [1.82, 2.24) is 10.6 Å². The van der Waals surface area contributed by atoms with E-state index in [0.29, 0.717) is 0 Å². The monoisotopic (exact) mass is 224 g/mol. The Kier molecular flexibility index (Phi) is 14.3. The first kappa shape index (κ1) is 18.2. The van der Waals surface area contributed by atoms with Crippen molar-refractivity contribution in [3.05, 3.63) is 0 Å². The Balaban J connectivity index is -0.000000124. The quantitative estimate of drug-likeness (QED) is 0.702. The first-order valence-electron chi connectivity index (χ1n) is 3.35. The van der Waals surface area contributed by atoms with Gasteiger partial charge in [0, 0.05) is 0 Å². The van der Waals surface area contributed by atoms with Gasteiger partial charge in [0.05, 0.1) is 13.1 Å². The summed E-state index contributed by atoms with van der Waals surface area (Å²) in [6, 6.07) is 0. The van der Waals surface area contributed by atoms with Crippen molar-refractivity contribution in [3.63, 3.8) is 0 Å². The third-order valence-electron chi connectivity index (χ3n) is 1.12. The topological polar surface area (TPSA) is 24.1 Å². The molecule has 2 nitrogen and oxygen atoms in total. The van der Waals surface area contributed by atoms with Crippen LogP contribution in [0.2, 0.25) is 0 Å². The van der Waals surface area contributed by atoms with Crippen LogP contribution in [-0.4, -0.2) is 32.6 Å². The predicted octanol–water partition coefficient (Wildman–Crippen LogP) is 1.29. The zero-order valence-corrected chi connectivity index (χ0v) is 8.83. The van der Waals surface area contributed by atoms with Gasteiger partial charge in [-0.1, -0.05) is 6.92 Å². The van der Waals surface area contributed by atoms with Gasteiger partial charge in [-0.15, -0.1) is 24.8 Å². The molecule has 6 heteroatoms. The number of hydrogen-bond acceptors (Lipinski definition) is 2. The number of rotatable bonds is 1. The van der Waals surface area contributed by atoms with E-state index < -0.39 is 5.92 Å². The Morgan fingerprint density at radius 2 is 1.58 bits per heavy atom. The molecule has 1 fully saturated rings. The molecule has 0 saturated carbocycles. The summed E-state index contributed by atoms with van der Waals surface area (Å²) in [7, 11) is 1.93. The highest BCUT2D eigenvalue weighted by Crippen LogP contribution is 2.16. The van der Waals surface area contributed by atoms with Gasteiger partial charge in [-0.25, -0.2) is 8.78 Å². The molecule has 1 rings (SSSR count). The van der Waals surface area contributed by atoms with E-state index in [4.69, 9.17) is 0 Å². The lowest BCUT2D eigenvalue weighted by atomic mass is 10.2. The minimum Gasteiger partial charge on any atom is -0.320 e. The molecule has 0 aromatic heterocycles. The SMILES string of the molecule is CCNC.Cl.Cl.FC1(F)CNC1. The van der Waals surface area contributed by atoms with Gasteiger partial charge in [-0.05, 0) is 13.6 Å². The molecule has 0 aromatic carbocycles. The van der Waals surface area contributed by atoms with Crippen molar-refractivity contribution in [1.29, 1.82) is 0 Å². The second-order valence-electron chi connectivity index (χ2n) is 2.17. The van der Waals surface area contributed by atoms with Gasteiger partial charge in [0.2, 0.25) is 0 Å². The zero-order chi connectivity index (χ0) is 8.04. The molecule has 1 aliphatic rings. The fourth-order valence-electron chi connectivity index (χ4n) is 0.314. The average molecular weight is 225 g/mol. The molecule has 0 aromatic rings. The number of hydrogen-bond donors (Lipinski definition) is 2. The van der Waals surface area contributed by atoms with Crippen LogP contribution in [0.25, 0.3) is 0 Å². The molecule has 0 aliphatic carbocycles. The molecular formula is C6H16Cl2F2N2. The van der Waals surface area contributed by atoms with Crippen LogP contribution < -0.4 is 10.6 Å². The maximum atomic E-state index is 11.5. The first-order valence-corrected chi connectivity index (χ1v) is 3.35. The summed E-state index contributed by atoms with van der Waals surface area (Å²) in [4.78, 5) is 0. The summed E-state index contributed by atoms with van der Waals surface area (Å²) in [5, 5.41) is 5.38. The standard InChI is InChI=1S/C3H5F2N.C3H9N.2ClH/c4-3(5)1-6-2-3;1-3-4-2;;/h6H,1-2H2;4H,3H2,1-2H3;2*1H. The third kappa shape index (κ3) is 10.4. The van der Waals surface area contributed by atoms with Gasteiger partial charge in [-0.2, -0.15) is 0 Å². The van der Waals surface area contributed by atoms with E-state index in [1.807, 2.05) is 7.05 Å². The minimum absolute atomic E-state index is 0. The molecule has 0 bridgehead atoms. The third-order valence-corrected chi connectivity index (χ3v) is 1.12. The zero-order valence-electron chi connectivity index (χ0n) is 7.19. The Bertz CT molecular complexity index is 85.6. The maximum absolute atomic E-state index is 11.5. The summed E-state index contributed by atoms with van der Waals surface area (Å²) >= 11 is 0. The Morgan fingerprint density at radius 3 is 1.58 bits per heavy atom. The van der Waals surface area contributed by atoms with Gasteiger partial charge in [0.15, 0.2) is 0 Å². The fraction of sp³-hybridized carbons (Fsp3) is 1.00. The highest BCUT2D eigenvalue weighted by atomic mass is 35.5. The fourth-order valence-corrected chi connectivity index (χ4v) is 0.314. The summed E-state index contributed by atoms with van der Waals surface area (Å²) in [5.74, 6) is -2.39. The van der Waals surface area contributed by atoms with Gasteiger partial charge < -0.3 is 10.6 Å². The molecule has 1 aliphatic heterocycles. The van der Waals surface area contributed by atoms with Gasteiger partial charge >= 0.3 is 0 Å². The number of alkyl halides is 2. The lowest BCUT2D eigenvalue weighted by Crippen LogP contribution is -2.52. The van der Waals surface area contributed by atoms with E-state index in [9.17, 15) is 8.78 Å². The lowest BCUT2D eigenvalue weighted by Gasteiger charge is -2.25. The van der Waals surface area contributed by atoms with Crippen molar-refractivity contribution >= 4 is 24.8 Å². The van der Waals surface area contributed by atoms with Gasteiger partial charge in [0.1, 0.15) is 0 Å². The molecule has 0 amide bonds. The minimum atomic E-state index is -2.39. The maximum Gasteiger partial charge on any atom is 0.272 e. The molecule has 0 spiro atoms. The van der Waals surface area contributed by atoms with Gasteiger partial charge in [0.25, 0.3) is 5.92 Å². The summed E-state index contributed by atoms with van der Waals surface area (Å²) in [5.41, 5.74) is 0. The van der Waals surface area contributed by atoms with Crippen LogP contribution in [0.5, 0.6) is 0 Å². The van der Waals surface area contributed by atoms with E-state index in [1.54, 1.807) is 0 Å². The number of nitrogens with one attached hydrogen (secondary N) is 2. The van der Waals surface area contributed by atoms with E-state index in [1.165, 1.54) is 0 Å². The van der Waals surface area contributed by atoms with Crippen LogP contribution in [0, 0.1) is 0 Å². The molecule has 0 radical (unpaired) electrons. The summed E-state index contributed by atoms with van der Waals surface area (Å²) in [6.07, 6.45) is 0. The average Bonchev–Trinajstić information content (AvgIpc) is 1.86. The van der Waals surface area contributed by atoms with E-state index >= 15 is 0 Å². The Labute approximate surface area is 84.3 Å². The Hall–Kier alpha value is 0.360. The van der Waals surface area contributed by atoms with Crippen molar-refractivity contribution in [2.24, 2.45) is 0 Å². The smallest absolute Gasteiger partial charge is 0.272 e. The molecule has 78 valence electrons. The highest BCUT2D eigenvalue weighted by molar-refractivity contribution is 5.85. The highest BCUT2D eigenvalue weighted by Gasteiger charge is 2.36. The van der Waals surface area contributed by atoms with E-state index in [0.717, 1.165) is 6.54 Å². The Morgan fingerprint density at radius 1 is 1.33 bits per heavy atom. The van der Waals surface area contributed by atoms with Crippen LogP contribution in [0.1, 0.15) is 6.92 Å². The van der Waals surface area contributed by atoms with Crippen LogP contribution in [0.3, 0.4) is 0 Å².